The molecule has 3 aromatic carbocycles. The number of hydrogen-bond acceptors (Lipinski definition) is 3. The topological polar surface area (TPSA) is 84.7 Å². The molecule has 2 N–H and O–H groups in total. The van der Waals surface area contributed by atoms with Crippen molar-refractivity contribution in [3.05, 3.63) is 95.0 Å². The number of carboxylic acids is 1. The fraction of sp³-hybridized carbons (Fsp3) is 0.0476. The van der Waals surface area contributed by atoms with Gasteiger partial charge in [0, 0.05) is 10.6 Å². The van der Waals surface area contributed by atoms with Crippen LogP contribution in [0, 0.1) is 5.41 Å². The second-order valence-electron chi connectivity index (χ2n) is 6.35. The van der Waals surface area contributed by atoms with Crippen LogP contribution in [0.2, 0.25) is 5.02 Å². The molecule has 6 nitrogen and oxygen atoms in total. The van der Waals surface area contributed by atoms with Gasteiger partial charge in [0.05, 0.1) is 16.9 Å². The van der Waals surface area contributed by atoms with Gasteiger partial charge in [0.2, 0.25) is 11.2 Å². The number of anilines is 2. The second-order valence-corrected chi connectivity index (χ2v) is 7.97. The molecule has 1 aliphatic heterocycles. The van der Waals surface area contributed by atoms with E-state index in [0.29, 0.717) is 22.0 Å². The third-order valence-electron chi connectivity index (χ3n) is 4.60. The van der Waals surface area contributed by atoms with Crippen molar-refractivity contribution >= 4 is 46.0 Å². The standard InChI is InChI=1S/C21H16ClN3O3S/c22-18-9-5-4-8-17(18)19-20(23)25(15-6-2-1-3-7-15)29(28)24(19)16-12-10-14(11-13-16)21(26)27/h1-13,19,23H,(H,26,27). The lowest BCUT2D eigenvalue weighted by molar-refractivity contribution is 0.0697. The summed E-state index contributed by atoms with van der Waals surface area (Å²) in [5, 5.41) is 18.4. The molecule has 0 amide bonds. The van der Waals surface area contributed by atoms with Crippen molar-refractivity contribution in [3.63, 3.8) is 0 Å². The van der Waals surface area contributed by atoms with E-state index < -0.39 is 23.2 Å². The third-order valence-corrected chi connectivity index (χ3v) is 6.42. The van der Waals surface area contributed by atoms with E-state index >= 15 is 0 Å². The van der Waals surface area contributed by atoms with E-state index in [4.69, 9.17) is 22.1 Å². The van der Waals surface area contributed by atoms with Crippen LogP contribution in [0.25, 0.3) is 0 Å². The lowest BCUT2D eigenvalue weighted by Gasteiger charge is -2.23. The summed E-state index contributed by atoms with van der Waals surface area (Å²) in [5.41, 5.74) is 1.93. The fourth-order valence-corrected chi connectivity index (χ4v) is 4.92. The van der Waals surface area contributed by atoms with Crippen LogP contribution in [0.3, 0.4) is 0 Å². The first-order valence-electron chi connectivity index (χ1n) is 8.71. The molecule has 0 bridgehead atoms. The molecule has 4 rings (SSSR count). The minimum absolute atomic E-state index is 0.116. The van der Waals surface area contributed by atoms with Gasteiger partial charge in [-0.05, 0) is 42.5 Å². The van der Waals surface area contributed by atoms with E-state index in [1.165, 1.54) is 16.4 Å². The van der Waals surface area contributed by atoms with Gasteiger partial charge in [0.1, 0.15) is 11.9 Å². The van der Waals surface area contributed by atoms with Gasteiger partial charge in [0.25, 0.3) is 0 Å². The summed E-state index contributed by atoms with van der Waals surface area (Å²) in [5.74, 6) is -0.926. The van der Waals surface area contributed by atoms with Gasteiger partial charge in [-0.15, -0.1) is 0 Å². The zero-order valence-corrected chi connectivity index (χ0v) is 16.6. The Balaban J connectivity index is 1.85. The van der Waals surface area contributed by atoms with Crippen LogP contribution in [0.15, 0.2) is 78.9 Å². The van der Waals surface area contributed by atoms with Gasteiger partial charge in [-0.2, -0.15) is 0 Å². The summed E-state index contributed by atoms with van der Waals surface area (Å²) in [6.07, 6.45) is 0. The molecule has 8 heteroatoms. The molecule has 29 heavy (non-hydrogen) atoms. The molecule has 0 saturated carbocycles. The molecule has 0 spiro atoms. The number of halogens is 1. The highest BCUT2D eigenvalue weighted by molar-refractivity contribution is 7.89. The summed E-state index contributed by atoms with van der Waals surface area (Å²) < 4.78 is 16.5. The molecule has 2 atom stereocenters. The number of para-hydroxylation sites is 1. The molecule has 1 fully saturated rings. The quantitative estimate of drug-likeness (QED) is 0.637. The average molecular weight is 426 g/mol. The highest BCUT2D eigenvalue weighted by Gasteiger charge is 2.45. The number of amidine groups is 1. The van der Waals surface area contributed by atoms with E-state index in [0.717, 1.165) is 0 Å². The molecule has 0 radical (unpaired) electrons. The number of carboxylic acid groups (broad SMARTS) is 1. The number of carbonyl (C=O) groups is 1. The van der Waals surface area contributed by atoms with Gasteiger partial charge in [-0.1, -0.05) is 48.0 Å². The lowest BCUT2D eigenvalue weighted by atomic mass is 10.0. The summed E-state index contributed by atoms with van der Waals surface area (Å²) in [6.45, 7) is 0. The number of benzene rings is 3. The van der Waals surface area contributed by atoms with Crippen molar-refractivity contribution < 1.29 is 14.1 Å². The molecule has 3 aromatic rings. The predicted octanol–water partition coefficient (Wildman–Crippen LogP) is 4.66. The number of hydrogen-bond donors (Lipinski definition) is 2. The minimum atomic E-state index is -1.75. The summed E-state index contributed by atoms with van der Waals surface area (Å²) in [7, 11) is 0. The van der Waals surface area contributed by atoms with Crippen molar-refractivity contribution in [3.8, 4) is 0 Å². The van der Waals surface area contributed by atoms with Gasteiger partial charge >= 0.3 is 5.97 Å². The first-order valence-corrected chi connectivity index (χ1v) is 10.2. The number of nitrogens with zero attached hydrogens (tertiary/aromatic N) is 2. The molecule has 0 aliphatic carbocycles. The zero-order chi connectivity index (χ0) is 20.5. The number of nitrogens with one attached hydrogen (secondary N) is 1. The Morgan fingerprint density at radius 1 is 0.931 bits per heavy atom. The molecule has 2 unspecified atom stereocenters. The first kappa shape index (κ1) is 19.2. The summed E-state index contributed by atoms with van der Waals surface area (Å²) >= 11 is 4.66. The Labute approximate surface area is 175 Å². The van der Waals surface area contributed by atoms with Crippen LogP contribution in [-0.2, 0) is 11.2 Å². The van der Waals surface area contributed by atoms with Crippen molar-refractivity contribution in [2.45, 2.75) is 6.04 Å². The van der Waals surface area contributed by atoms with Gasteiger partial charge < -0.3 is 5.11 Å². The Kier molecular flexibility index (Phi) is 5.08. The van der Waals surface area contributed by atoms with Crippen molar-refractivity contribution in [1.29, 1.82) is 5.41 Å². The predicted molar refractivity (Wildman–Crippen MR) is 115 cm³/mol. The van der Waals surface area contributed by atoms with Crippen LogP contribution in [0.1, 0.15) is 22.0 Å². The van der Waals surface area contributed by atoms with Crippen LogP contribution in [-0.4, -0.2) is 21.1 Å². The number of aromatic carboxylic acids is 1. The Bertz CT molecular complexity index is 1110. The van der Waals surface area contributed by atoms with E-state index in [9.17, 15) is 9.00 Å². The first-order chi connectivity index (χ1) is 14.0. The number of rotatable bonds is 4. The van der Waals surface area contributed by atoms with Gasteiger partial charge in [-0.3, -0.25) is 9.71 Å². The second kappa shape index (κ2) is 7.69. The Morgan fingerprint density at radius 2 is 1.55 bits per heavy atom. The van der Waals surface area contributed by atoms with E-state index in [-0.39, 0.29) is 11.4 Å². The van der Waals surface area contributed by atoms with Crippen LogP contribution in [0.4, 0.5) is 11.4 Å². The van der Waals surface area contributed by atoms with E-state index in [2.05, 4.69) is 0 Å². The van der Waals surface area contributed by atoms with Crippen LogP contribution >= 0.6 is 11.6 Å². The van der Waals surface area contributed by atoms with Crippen LogP contribution < -0.4 is 8.61 Å². The van der Waals surface area contributed by atoms with E-state index in [1.54, 1.807) is 46.8 Å². The molecule has 146 valence electrons. The molecular formula is C21H16ClN3O3S. The largest absolute Gasteiger partial charge is 0.478 e. The average Bonchev–Trinajstić information content (AvgIpc) is 2.99. The van der Waals surface area contributed by atoms with Crippen molar-refractivity contribution in [2.75, 3.05) is 8.61 Å². The van der Waals surface area contributed by atoms with Crippen molar-refractivity contribution in [1.82, 2.24) is 0 Å². The Morgan fingerprint density at radius 3 is 2.17 bits per heavy atom. The third kappa shape index (κ3) is 3.39. The maximum atomic E-state index is 13.5. The zero-order valence-electron chi connectivity index (χ0n) is 15.0. The highest BCUT2D eigenvalue weighted by atomic mass is 35.5. The summed E-state index contributed by atoms with van der Waals surface area (Å²) in [6, 6.07) is 21.6. The van der Waals surface area contributed by atoms with Crippen molar-refractivity contribution in [2.24, 2.45) is 0 Å². The van der Waals surface area contributed by atoms with Crippen LogP contribution in [0.5, 0.6) is 0 Å². The highest BCUT2D eigenvalue weighted by Crippen LogP contribution is 2.41. The fourth-order valence-electron chi connectivity index (χ4n) is 3.24. The minimum Gasteiger partial charge on any atom is -0.478 e. The maximum absolute atomic E-state index is 13.5. The van der Waals surface area contributed by atoms with Gasteiger partial charge in [0.15, 0.2) is 0 Å². The molecular weight excluding hydrogens is 410 g/mol. The Hall–Kier alpha value is -3.16. The van der Waals surface area contributed by atoms with E-state index in [1.807, 2.05) is 24.3 Å². The normalized spacial score (nSPS) is 18.9. The molecule has 1 aliphatic rings. The maximum Gasteiger partial charge on any atom is 0.335 e. The molecule has 0 aromatic heterocycles. The smallest absolute Gasteiger partial charge is 0.335 e. The summed E-state index contributed by atoms with van der Waals surface area (Å²) in [4.78, 5) is 11.2. The molecule has 1 heterocycles. The lowest BCUT2D eigenvalue weighted by Crippen LogP contribution is -2.27. The van der Waals surface area contributed by atoms with Gasteiger partial charge in [-0.25, -0.2) is 13.3 Å². The SMILES string of the molecule is N=C1C(c2ccccc2Cl)N(c2ccc(C(=O)O)cc2)S(=O)N1c1ccccc1. The molecule has 1 saturated heterocycles. The monoisotopic (exact) mass is 425 g/mol.